The number of carbonyl (C=O) groups is 1. The minimum Gasteiger partial charge on any atom is -0.329 e. The molecule has 1 fully saturated rings. The number of hydrogen-bond acceptors (Lipinski definition) is 3. The molecule has 1 N–H and O–H groups in total. The minimum absolute atomic E-state index is 0.599. The Hall–Kier alpha value is -1.97. The van der Waals surface area contributed by atoms with E-state index < -0.39 is 0 Å². The third-order valence-corrected chi connectivity index (χ3v) is 2.79. The fourth-order valence-electron chi connectivity index (χ4n) is 1.19. The van der Waals surface area contributed by atoms with Gasteiger partial charge in [-0.15, -0.1) is 0 Å². The quantitative estimate of drug-likeness (QED) is 0.625. The van der Waals surface area contributed by atoms with Crippen molar-refractivity contribution in [2.75, 3.05) is 5.32 Å². The maximum absolute atomic E-state index is 10.1. The highest BCUT2D eigenvalue weighted by atomic mass is 16.1. The molecule has 0 bridgehead atoms. The van der Waals surface area contributed by atoms with Crippen LogP contribution in [0.5, 0.6) is 0 Å². The van der Waals surface area contributed by atoms with Crippen molar-refractivity contribution in [2.24, 2.45) is 15.4 Å². The summed E-state index contributed by atoms with van der Waals surface area (Å²) < 4.78 is 0. The monoisotopic (exact) mass is 275 g/mol. The van der Waals surface area contributed by atoms with Gasteiger partial charge in [0.05, 0.1) is 11.4 Å². The fourth-order valence-corrected chi connectivity index (χ4v) is 1.19. The first kappa shape index (κ1) is 18.0. The first-order valence-corrected chi connectivity index (χ1v) is 6.80. The molecule has 0 unspecified atom stereocenters. The smallest absolute Gasteiger partial charge is 0.211 e. The van der Waals surface area contributed by atoms with Crippen LogP contribution in [-0.4, -0.2) is 19.8 Å². The zero-order chi connectivity index (χ0) is 15.6. The lowest BCUT2D eigenvalue weighted by atomic mass is 10.2. The molecule has 1 aromatic carbocycles. The van der Waals surface area contributed by atoms with E-state index in [1.54, 1.807) is 18.2 Å². The van der Waals surface area contributed by atoms with Crippen molar-refractivity contribution in [1.82, 2.24) is 0 Å². The Labute approximate surface area is 122 Å². The van der Waals surface area contributed by atoms with Crippen molar-refractivity contribution in [3.05, 3.63) is 18.2 Å². The van der Waals surface area contributed by atoms with E-state index in [-0.39, 0.29) is 0 Å². The van der Waals surface area contributed by atoms with Gasteiger partial charge in [0.25, 0.3) is 0 Å². The molecule has 0 spiro atoms. The summed E-state index contributed by atoms with van der Waals surface area (Å²) in [5, 5.41) is 2.50. The van der Waals surface area contributed by atoms with Crippen LogP contribution in [0.4, 0.5) is 17.1 Å². The van der Waals surface area contributed by atoms with E-state index >= 15 is 0 Å². The van der Waals surface area contributed by atoms with Crippen LogP contribution in [0.3, 0.4) is 0 Å². The Morgan fingerprint density at radius 3 is 2.00 bits per heavy atom. The predicted octanol–water partition coefficient (Wildman–Crippen LogP) is 4.75. The highest BCUT2D eigenvalue weighted by molar-refractivity contribution is 5.78. The molecule has 0 aromatic heterocycles. The highest BCUT2D eigenvalue weighted by Gasteiger charge is 2.30. The van der Waals surface area contributed by atoms with Crippen LogP contribution in [-0.2, 0) is 4.79 Å². The van der Waals surface area contributed by atoms with Crippen LogP contribution >= 0.6 is 0 Å². The second-order valence-corrected chi connectivity index (χ2v) is 4.95. The molecule has 1 amide bonds. The highest BCUT2D eigenvalue weighted by Crippen LogP contribution is 2.43. The molecule has 110 valence electrons. The maximum atomic E-state index is 10.1. The van der Waals surface area contributed by atoms with Crippen molar-refractivity contribution < 1.29 is 4.79 Å². The summed E-state index contributed by atoms with van der Waals surface area (Å²) in [6, 6.07) is 5.10. The number of amides is 1. The maximum Gasteiger partial charge on any atom is 0.211 e. The molecule has 0 heterocycles. The number of nitrogens with zero attached hydrogens (tertiary/aromatic N) is 2. The summed E-state index contributed by atoms with van der Waals surface area (Å²) in [6.45, 7) is 15.4. The lowest BCUT2D eigenvalue weighted by molar-refractivity contribution is -0.105. The molecule has 0 radical (unpaired) electrons. The molecule has 0 atom stereocenters. The van der Waals surface area contributed by atoms with Gasteiger partial charge in [-0.1, -0.05) is 27.7 Å². The van der Waals surface area contributed by atoms with Gasteiger partial charge in [0, 0.05) is 5.69 Å². The molecular formula is C16H25N3O. The van der Waals surface area contributed by atoms with Crippen LogP contribution in [0.1, 0.15) is 40.5 Å². The second-order valence-electron chi connectivity index (χ2n) is 4.95. The number of carbonyl (C=O) groups excluding carboxylic acids is 1. The van der Waals surface area contributed by atoms with Crippen LogP contribution in [0.25, 0.3) is 0 Å². The van der Waals surface area contributed by atoms with Gasteiger partial charge in [-0.2, -0.15) is 0 Å². The first-order valence-electron chi connectivity index (χ1n) is 6.80. The van der Waals surface area contributed by atoms with E-state index in [2.05, 4.69) is 42.6 Å². The van der Waals surface area contributed by atoms with E-state index in [1.807, 2.05) is 13.8 Å². The predicted molar refractivity (Wildman–Crippen MR) is 88.9 cm³/mol. The Kier molecular flexibility index (Phi) is 8.13. The Balaban J connectivity index is 0.000000427. The van der Waals surface area contributed by atoms with Gasteiger partial charge < -0.3 is 5.32 Å². The van der Waals surface area contributed by atoms with E-state index in [4.69, 9.17) is 0 Å². The first-order chi connectivity index (χ1) is 9.52. The van der Waals surface area contributed by atoms with Crippen LogP contribution < -0.4 is 5.32 Å². The molecule has 20 heavy (non-hydrogen) atoms. The molecule has 1 saturated carbocycles. The minimum atomic E-state index is 0.599. The summed E-state index contributed by atoms with van der Waals surface area (Å²) in [5.74, 6) is 0. The van der Waals surface area contributed by atoms with Crippen LogP contribution in [0, 0.1) is 5.41 Å². The normalized spacial score (nSPS) is 13.6. The van der Waals surface area contributed by atoms with Gasteiger partial charge in [-0.3, -0.25) is 14.8 Å². The number of hydrogen-bond donors (Lipinski definition) is 1. The van der Waals surface area contributed by atoms with Crippen molar-refractivity contribution >= 4 is 36.9 Å². The van der Waals surface area contributed by atoms with Gasteiger partial charge >= 0.3 is 0 Å². The average Bonchev–Trinajstić information content (AvgIpc) is 3.17. The molecule has 2 rings (SSSR count). The summed E-state index contributed by atoms with van der Waals surface area (Å²) in [5.41, 5.74) is 2.65. The SMILES string of the molecule is C=Nc1ccc(NC=O)cc1N=C.CC.CC1(C)CC1. The summed E-state index contributed by atoms with van der Waals surface area (Å²) in [7, 11) is 0. The molecule has 0 aliphatic heterocycles. The van der Waals surface area contributed by atoms with Crippen molar-refractivity contribution in [2.45, 2.75) is 40.5 Å². The molecule has 4 nitrogen and oxygen atoms in total. The van der Waals surface area contributed by atoms with E-state index in [1.165, 1.54) is 12.8 Å². The van der Waals surface area contributed by atoms with E-state index in [9.17, 15) is 4.79 Å². The number of aliphatic imine (C=N–C) groups is 2. The van der Waals surface area contributed by atoms with Gasteiger partial charge in [-0.25, -0.2) is 0 Å². The molecule has 0 saturated heterocycles. The van der Waals surface area contributed by atoms with Gasteiger partial charge in [0.15, 0.2) is 0 Å². The lowest BCUT2D eigenvalue weighted by Gasteiger charge is -2.02. The molecule has 4 heteroatoms. The standard InChI is InChI=1S/C9H9N3O.C5H10.C2H6/c1-10-8-4-3-7(12-6-13)5-9(8)11-2;1-5(2)3-4-5;1-2/h3-6H,1-2H2,(H,12,13);3-4H2,1-2H3;1-2H3. The number of benzene rings is 1. The summed E-state index contributed by atoms with van der Waals surface area (Å²) in [4.78, 5) is 17.6. The van der Waals surface area contributed by atoms with E-state index in [0.29, 0.717) is 23.5 Å². The Bertz CT molecular complexity index is 447. The van der Waals surface area contributed by atoms with E-state index in [0.717, 1.165) is 5.41 Å². The summed E-state index contributed by atoms with van der Waals surface area (Å²) >= 11 is 0. The Morgan fingerprint density at radius 1 is 1.15 bits per heavy atom. The third kappa shape index (κ3) is 6.83. The topological polar surface area (TPSA) is 53.8 Å². The zero-order valence-corrected chi connectivity index (χ0v) is 12.9. The Morgan fingerprint density at radius 2 is 1.65 bits per heavy atom. The van der Waals surface area contributed by atoms with Gasteiger partial charge in [0.2, 0.25) is 6.41 Å². The van der Waals surface area contributed by atoms with Crippen molar-refractivity contribution in [1.29, 1.82) is 0 Å². The van der Waals surface area contributed by atoms with Gasteiger partial charge in [0.1, 0.15) is 0 Å². The zero-order valence-electron chi connectivity index (χ0n) is 12.9. The fraction of sp³-hybridized carbons (Fsp3) is 0.438. The second kappa shape index (κ2) is 9.02. The van der Waals surface area contributed by atoms with Crippen molar-refractivity contribution in [3.63, 3.8) is 0 Å². The average molecular weight is 275 g/mol. The molecule has 1 aliphatic carbocycles. The number of rotatable bonds is 4. The lowest BCUT2D eigenvalue weighted by Crippen LogP contribution is -1.92. The summed E-state index contributed by atoms with van der Waals surface area (Å²) in [6.07, 6.45) is 3.50. The largest absolute Gasteiger partial charge is 0.329 e. The molecule has 1 aromatic rings. The number of nitrogens with one attached hydrogen (secondary N) is 1. The number of anilines is 1. The van der Waals surface area contributed by atoms with Gasteiger partial charge in [-0.05, 0) is 49.9 Å². The van der Waals surface area contributed by atoms with Crippen LogP contribution in [0.2, 0.25) is 0 Å². The molecular weight excluding hydrogens is 250 g/mol. The molecule has 1 aliphatic rings. The van der Waals surface area contributed by atoms with Crippen molar-refractivity contribution in [3.8, 4) is 0 Å². The third-order valence-electron chi connectivity index (χ3n) is 2.79. The van der Waals surface area contributed by atoms with Crippen LogP contribution in [0.15, 0.2) is 28.2 Å².